The van der Waals surface area contributed by atoms with Gasteiger partial charge in [-0.1, -0.05) is 24.4 Å². The van der Waals surface area contributed by atoms with E-state index in [4.69, 9.17) is 16.0 Å². The van der Waals surface area contributed by atoms with E-state index in [1.165, 1.54) is 24.2 Å². The molecule has 0 bridgehead atoms. The summed E-state index contributed by atoms with van der Waals surface area (Å²) >= 11 is 7.15. The van der Waals surface area contributed by atoms with E-state index in [1.54, 1.807) is 16.4 Å². The molecule has 10 heteroatoms. The molecule has 31 heavy (non-hydrogen) atoms. The highest BCUT2D eigenvalue weighted by Gasteiger charge is 2.31. The zero-order valence-corrected chi connectivity index (χ0v) is 19.3. The average Bonchev–Trinajstić information content (AvgIpc) is 3.55. The van der Waals surface area contributed by atoms with Crippen molar-refractivity contribution in [1.29, 1.82) is 0 Å². The summed E-state index contributed by atoms with van der Waals surface area (Å²) in [5, 5.41) is 9.04. The second-order valence-corrected chi connectivity index (χ2v) is 11.6. The monoisotopic (exact) mass is 478 g/mol. The highest BCUT2D eigenvalue weighted by atomic mass is 35.5. The zero-order valence-electron chi connectivity index (χ0n) is 16.9. The smallest absolute Gasteiger partial charge is 0.257 e. The number of sulfonamides is 1. The van der Waals surface area contributed by atoms with Crippen LogP contribution in [0, 0.1) is 0 Å². The van der Waals surface area contributed by atoms with Gasteiger partial charge in [0.15, 0.2) is 0 Å². The summed E-state index contributed by atoms with van der Waals surface area (Å²) in [6, 6.07) is 11.0. The van der Waals surface area contributed by atoms with E-state index in [0.717, 1.165) is 18.5 Å². The molecule has 1 aromatic carbocycles. The minimum absolute atomic E-state index is 0.308. The van der Waals surface area contributed by atoms with E-state index in [0.29, 0.717) is 58.0 Å². The molecule has 2 aromatic heterocycles. The molecule has 2 aliphatic rings. The number of benzene rings is 1. The van der Waals surface area contributed by atoms with Gasteiger partial charge in [-0.05, 0) is 49.2 Å². The highest BCUT2D eigenvalue weighted by Crippen LogP contribution is 2.37. The molecule has 1 aliphatic heterocycles. The van der Waals surface area contributed by atoms with Crippen molar-refractivity contribution in [3.63, 3.8) is 0 Å². The molecule has 0 atom stereocenters. The molecular formula is C21H23ClN4O3S2. The predicted molar refractivity (Wildman–Crippen MR) is 121 cm³/mol. The van der Waals surface area contributed by atoms with Crippen molar-refractivity contribution in [2.75, 3.05) is 31.1 Å². The topological polar surface area (TPSA) is 79.5 Å². The van der Waals surface area contributed by atoms with E-state index >= 15 is 0 Å². The Bertz CT molecular complexity index is 1150. The first kappa shape index (κ1) is 20.9. The second kappa shape index (κ2) is 8.54. The molecule has 164 valence electrons. The molecule has 1 saturated heterocycles. The molecule has 3 aromatic rings. The van der Waals surface area contributed by atoms with Crippen LogP contribution in [0.2, 0.25) is 5.02 Å². The van der Waals surface area contributed by atoms with Gasteiger partial charge in [0.2, 0.25) is 5.89 Å². The molecule has 0 radical (unpaired) electrons. The number of thiophene rings is 1. The number of hydrogen-bond acceptors (Lipinski definition) is 7. The van der Waals surface area contributed by atoms with Gasteiger partial charge in [0.25, 0.3) is 15.9 Å². The summed E-state index contributed by atoms with van der Waals surface area (Å²) < 4.78 is 34.1. The molecule has 0 unspecified atom stereocenters. The Balaban J connectivity index is 1.27. The lowest BCUT2D eigenvalue weighted by atomic mass is 10.1. The van der Waals surface area contributed by atoms with Crippen LogP contribution in [0.4, 0.5) is 5.69 Å². The molecular weight excluding hydrogens is 456 g/mol. The maximum atomic E-state index is 13.2. The number of anilines is 1. The quantitative estimate of drug-likeness (QED) is 0.532. The van der Waals surface area contributed by atoms with Crippen LogP contribution in [0.15, 0.2) is 45.0 Å². The molecule has 7 nitrogen and oxygen atoms in total. The number of piperazine rings is 1. The van der Waals surface area contributed by atoms with Crippen LogP contribution in [0.3, 0.4) is 0 Å². The van der Waals surface area contributed by atoms with Crippen molar-refractivity contribution in [2.45, 2.75) is 35.8 Å². The van der Waals surface area contributed by atoms with Gasteiger partial charge in [-0.25, -0.2) is 8.42 Å². The van der Waals surface area contributed by atoms with Gasteiger partial charge in [-0.3, -0.25) is 0 Å². The number of rotatable bonds is 5. The zero-order chi connectivity index (χ0) is 21.4. The third-order valence-corrected chi connectivity index (χ3v) is 9.65. The minimum Gasteiger partial charge on any atom is -0.420 e. The molecule has 0 amide bonds. The van der Waals surface area contributed by atoms with Crippen LogP contribution in [0.1, 0.15) is 37.5 Å². The Labute approximate surface area is 190 Å². The molecule has 0 N–H and O–H groups in total. The summed E-state index contributed by atoms with van der Waals surface area (Å²) in [6.45, 7) is 2.14. The van der Waals surface area contributed by atoms with Crippen molar-refractivity contribution in [3.05, 3.63) is 47.3 Å². The largest absolute Gasteiger partial charge is 0.420 e. The van der Waals surface area contributed by atoms with E-state index in [9.17, 15) is 8.42 Å². The van der Waals surface area contributed by atoms with E-state index < -0.39 is 10.0 Å². The maximum absolute atomic E-state index is 13.2. The van der Waals surface area contributed by atoms with Crippen molar-refractivity contribution in [2.24, 2.45) is 0 Å². The van der Waals surface area contributed by atoms with Crippen molar-refractivity contribution in [3.8, 4) is 10.8 Å². The van der Waals surface area contributed by atoms with Crippen LogP contribution in [0.5, 0.6) is 0 Å². The maximum Gasteiger partial charge on any atom is 0.257 e. The Morgan fingerprint density at radius 3 is 2.39 bits per heavy atom. The van der Waals surface area contributed by atoms with Gasteiger partial charge < -0.3 is 9.32 Å². The predicted octanol–water partition coefficient (Wildman–Crippen LogP) is 4.62. The fourth-order valence-electron chi connectivity index (χ4n) is 4.21. The van der Waals surface area contributed by atoms with Gasteiger partial charge in [-0.15, -0.1) is 21.5 Å². The van der Waals surface area contributed by atoms with Gasteiger partial charge in [0.05, 0.1) is 4.88 Å². The lowest BCUT2D eigenvalue weighted by Crippen LogP contribution is -2.48. The molecule has 0 spiro atoms. The molecule has 2 fully saturated rings. The van der Waals surface area contributed by atoms with E-state index in [-0.39, 0.29) is 0 Å². The van der Waals surface area contributed by atoms with Crippen LogP contribution < -0.4 is 4.90 Å². The average molecular weight is 479 g/mol. The van der Waals surface area contributed by atoms with Gasteiger partial charge >= 0.3 is 0 Å². The third-order valence-electron chi connectivity index (χ3n) is 5.96. The third kappa shape index (κ3) is 4.24. The Morgan fingerprint density at radius 1 is 0.968 bits per heavy atom. The Morgan fingerprint density at radius 2 is 1.68 bits per heavy atom. The second-order valence-electron chi connectivity index (χ2n) is 7.91. The fraction of sp³-hybridized carbons (Fsp3) is 0.429. The van der Waals surface area contributed by atoms with Crippen LogP contribution >= 0.6 is 22.9 Å². The Hall–Kier alpha value is -1.94. The van der Waals surface area contributed by atoms with Crippen molar-refractivity contribution < 1.29 is 12.8 Å². The lowest BCUT2D eigenvalue weighted by Gasteiger charge is -2.35. The highest BCUT2D eigenvalue weighted by molar-refractivity contribution is 7.91. The van der Waals surface area contributed by atoms with Crippen LogP contribution in [-0.2, 0) is 10.0 Å². The summed E-state index contributed by atoms with van der Waals surface area (Å²) in [7, 11) is -3.56. The van der Waals surface area contributed by atoms with Gasteiger partial charge in [0, 0.05) is 42.8 Å². The standard InChI is InChI=1S/C21H23ClN4O3S2/c22-16-5-7-17(8-6-16)25-11-13-26(14-12-25)31(27,28)19-10-9-18(30-19)21-24-23-20(29-21)15-3-1-2-4-15/h5-10,15H,1-4,11-14H2. The van der Waals surface area contributed by atoms with Gasteiger partial charge in [0.1, 0.15) is 4.21 Å². The lowest BCUT2D eigenvalue weighted by molar-refractivity contribution is 0.386. The first-order valence-corrected chi connectivity index (χ1v) is 13.1. The molecule has 5 rings (SSSR count). The Kier molecular flexibility index (Phi) is 5.76. The number of aromatic nitrogens is 2. The van der Waals surface area contributed by atoms with Crippen molar-refractivity contribution >= 4 is 38.6 Å². The minimum atomic E-state index is -3.56. The number of nitrogens with zero attached hydrogens (tertiary/aromatic N) is 4. The van der Waals surface area contributed by atoms with Crippen LogP contribution in [-0.4, -0.2) is 49.1 Å². The summed E-state index contributed by atoms with van der Waals surface area (Å²) in [6.07, 6.45) is 4.53. The fourth-order valence-corrected chi connectivity index (χ4v) is 7.14. The number of hydrogen-bond donors (Lipinski definition) is 0. The molecule has 1 aliphatic carbocycles. The summed E-state index contributed by atoms with van der Waals surface area (Å²) in [5.74, 6) is 1.41. The molecule has 1 saturated carbocycles. The van der Waals surface area contributed by atoms with Gasteiger partial charge in [-0.2, -0.15) is 4.31 Å². The first-order valence-electron chi connectivity index (χ1n) is 10.4. The summed E-state index contributed by atoms with van der Waals surface area (Å²) in [4.78, 5) is 2.86. The normalized spacial score (nSPS) is 18.7. The summed E-state index contributed by atoms with van der Waals surface area (Å²) in [5.41, 5.74) is 1.05. The van der Waals surface area contributed by atoms with E-state index in [1.807, 2.05) is 24.3 Å². The first-order chi connectivity index (χ1) is 15.0. The SMILES string of the molecule is O=S(=O)(c1ccc(-c2nnc(C3CCCC3)o2)s1)N1CCN(c2ccc(Cl)cc2)CC1. The number of halogens is 1. The van der Waals surface area contributed by atoms with Crippen LogP contribution in [0.25, 0.3) is 10.8 Å². The molecule has 3 heterocycles. The van der Waals surface area contributed by atoms with E-state index in [2.05, 4.69) is 15.1 Å². The van der Waals surface area contributed by atoms with Crippen molar-refractivity contribution in [1.82, 2.24) is 14.5 Å².